The summed E-state index contributed by atoms with van der Waals surface area (Å²) in [7, 11) is 0. The molecule has 1 N–H and O–H groups in total. The highest BCUT2D eigenvalue weighted by Gasteiger charge is 2.44. The number of rotatable bonds is 4. The van der Waals surface area contributed by atoms with Crippen molar-refractivity contribution in [3.63, 3.8) is 0 Å². The van der Waals surface area contributed by atoms with E-state index in [-0.39, 0.29) is 24.0 Å². The lowest BCUT2D eigenvalue weighted by atomic mass is 9.91. The summed E-state index contributed by atoms with van der Waals surface area (Å²) in [4.78, 5) is 28.3. The second-order valence-electron chi connectivity index (χ2n) is 11.7. The first-order valence-electron chi connectivity index (χ1n) is 13.6. The van der Waals surface area contributed by atoms with E-state index in [2.05, 4.69) is 42.6 Å². The van der Waals surface area contributed by atoms with Crippen molar-refractivity contribution in [3.8, 4) is 28.3 Å². The van der Waals surface area contributed by atoms with Gasteiger partial charge in [-0.15, -0.1) is 0 Å². The van der Waals surface area contributed by atoms with Crippen LogP contribution in [0.2, 0.25) is 0 Å². The maximum atomic E-state index is 13.9. The van der Waals surface area contributed by atoms with Gasteiger partial charge in [-0.3, -0.25) is 4.79 Å². The number of fused-ring (bicyclic) bond motifs is 2. The molecule has 0 aliphatic carbocycles. The van der Waals surface area contributed by atoms with Crippen molar-refractivity contribution < 1.29 is 14.3 Å². The molecule has 1 unspecified atom stereocenters. The lowest BCUT2D eigenvalue weighted by Crippen LogP contribution is -2.53. The lowest BCUT2D eigenvalue weighted by Gasteiger charge is -2.39. The number of amides is 2. The molecule has 3 aromatic rings. The maximum Gasteiger partial charge on any atom is 0.407 e. The van der Waals surface area contributed by atoms with E-state index in [9.17, 15) is 14.9 Å². The van der Waals surface area contributed by atoms with E-state index in [1.165, 1.54) is 5.56 Å². The lowest BCUT2D eigenvalue weighted by molar-refractivity contribution is 0.0418. The highest BCUT2D eigenvalue weighted by atomic mass is 16.6. The van der Waals surface area contributed by atoms with Crippen LogP contribution < -0.4 is 5.32 Å². The highest BCUT2D eigenvalue weighted by Crippen LogP contribution is 2.39. The quantitative estimate of drug-likeness (QED) is 0.407. The van der Waals surface area contributed by atoms with Crippen LogP contribution in [-0.2, 0) is 4.74 Å². The molecule has 3 atom stereocenters. The summed E-state index contributed by atoms with van der Waals surface area (Å²) in [5.41, 5.74) is 5.93. The molecule has 0 saturated carbocycles. The van der Waals surface area contributed by atoms with Crippen LogP contribution in [0.5, 0.6) is 0 Å². The third-order valence-corrected chi connectivity index (χ3v) is 7.64. The van der Waals surface area contributed by atoms with Gasteiger partial charge in [0.1, 0.15) is 5.60 Å². The summed E-state index contributed by atoms with van der Waals surface area (Å²) >= 11 is 0. The summed E-state index contributed by atoms with van der Waals surface area (Å²) in [5.74, 6) is 0.0311. The molecule has 2 bridgehead atoms. The Morgan fingerprint density at radius 3 is 2.08 bits per heavy atom. The van der Waals surface area contributed by atoms with E-state index in [1.54, 1.807) is 0 Å². The van der Waals surface area contributed by atoms with Crippen LogP contribution in [-0.4, -0.2) is 40.6 Å². The maximum absolute atomic E-state index is 13.9. The molecule has 3 aromatic carbocycles. The molecule has 2 fully saturated rings. The molecule has 0 aromatic heterocycles. The molecule has 2 heterocycles. The third-order valence-electron chi connectivity index (χ3n) is 7.64. The van der Waals surface area contributed by atoms with Crippen molar-refractivity contribution in [2.24, 2.45) is 0 Å². The van der Waals surface area contributed by atoms with Gasteiger partial charge in [0.25, 0.3) is 5.91 Å². The van der Waals surface area contributed by atoms with Gasteiger partial charge >= 0.3 is 6.09 Å². The van der Waals surface area contributed by atoms with Gasteiger partial charge in [0, 0.05) is 23.7 Å². The fourth-order valence-electron chi connectivity index (χ4n) is 5.88. The molecular weight excluding hydrogens is 486 g/mol. The molecule has 2 amide bonds. The number of benzene rings is 3. The van der Waals surface area contributed by atoms with Crippen LogP contribution in [0, 0.1) is 18.3 Å². The van der Waals surface area contributed by atoms with Crippen molar-refractivity contribution >= 4 is 12.0 Å². The number of nitriles is 1. The van der Waals surface area contributed by atoms with Gasteiger partial charge in [0.2, 0.25) is 0 Å². The zero-order valence-corrected chi connectivity index (χ0v) is 23.0. The first-order valence-corrected chi connectivity index (χ1v) is 13.6. The molecule has 200 valence electrons. The van der Waals surface area contributed by atoms with Gasteiger partial charge in [0.05, 0.1) is 11.6 Å². The highest BCUT2D eigenvalue weighted by molar-refractivity contribution is 5.98. The Balaban J connectivity index is 1.41. The van der Waals surface area contributed by atoms with E-state index >= 15 is 0 Å². The molecule has 0 spiro atoms. The fourth-order valence-corrected chi connectivity index (χ4v) is 5.88. The topological polar surface area (TPSA) is 82.4 Å². The first-order chi connectivity index (χ1) is 18.6. The minimum Gasteiger partial charge on any atom is -0.444 e. The number of aryl methyl sites for hydroxylation is 1. The molecule has 0 radical (unpaired) electrons. The summed E-state index contributed by atoms with van der Waals surface area (Å²) < 4.78 is 5.45. The Labute approximate surface area is 230 Å². The number of carbonyl (C=O) groups excluding carboxylic acids is 2. The fraction of sp³-hybridized carbons (Fsp3) is 0.364. The summed E-state index contributed by atoms with van der Waals surface area (Å²) in [6, 6.07) is 24.2. The number of carbonyl (C=O) groups is 2. The minimum absolute atomic E-state index is 0.000442. The predicted octanol–water partition coefficient (Wildman–Crippen LogP) is 6.86. The Hall–Kier alpha value is -4.11. The smallest absolute Gasteiger partial charge is 0.407 e. The van der Waals surface area contributed by atoms with Gasteiger partial charge < -0.3 is 15.0 Å². The number of alkyl carbamates (subject to hydrolysis) is 1. The number of nitrogens with one attached hydrogen (secondary N) is 1. The summed E-state index contributed by atoms with van der Waals surface area (Å²) in [6.07, 6.45) is 2.93. The number of ether oxygens (including phenoxy) is 1. The molecule has 2 saturated heterocycles. The Kier molecular flexibility index (Phi) is 7.18. The largest absolute Gasteiger partial charge is 0.444 e. The van der Waals surface area contributed by atoms with Crippen molar-refractivity contribution in [1.29, 1.82) is 5.26 Å². The van der Waals surface area contributed by atoms with Gasteiger partial charge in [-0.05, 0) is 99.9 Å². The van der Waals surface area contributed by atoms with Crippen LogP contribution in [0.1, 0.15) is 67.9 Å². The second kappa shape index (κ2) is 10.6. The zero-order chi connectivity index (χ0) is 27.7. The summed E-state index contributed by atoms with van der Waals surface area (Å²) in [5, 5.41) is 12.3. The van der Waals surface area contributed by atoms with Crippen LogP contribution >= 0.6 is 0 Å². The average Bonchev–Trinajstić information content (AvgIpc) is 3.17. The zero-order valence-electron chi connectivity index (χ0n) is 23.0. The van der Waals surface area contributed by atoms with Crippen LogP contribution in [0.3, 0.4) is 0 Å². The molecule has 5 rings (SSSR count). The first kappa shape index (κ1) is 26.5. The van der Waals surface area contributed by atoms with Crippen LogP contribution in [0.4, 0.5) is 4.79 Å². The van der Waals surface area contributed by atoms with E-state index in [0.29, 0.717) is 11.1 Å². The van der Waals surface area contributed by atoms with Crippen molar-refractivity contribution in [1.82, 2.24) is 10.2 Å². The van der Waals surface area contributed by atoms with Crippen molar-refractivity contribution in [2.75, 3.05) is 0 Å². The van der Waals surface area contributed by atoms with Gasteiger partial charge in [-0.25, -0.2) is 4.79 Å². The number of piperidine rings is 1. The molecule has 39 heavy (non-hydrogen) atoms. The van der Waals surface area contributed by atoms with E-state index in [0.717, 1.165) is 47.9 Å². The molecule has 6 nitrogen and oxygen atoms in total. The van der Waals surface area contributed by atoms with Crippen molar-refractivity contribution in [2.45, 2.75) is 77.1 Å². The SMILES string of the molecule is Cc1ccc(-c2ccc(C(=O)N3[C@@H]4CC[C@H]3CC(NC(=O)OC(C)(C)C)C4)cc2-c2ccc(C#N)cc2)cc1. The minimum atomic E-state index is -0.545. The standard InChI is InChI=1S/C33H35N3O3/c1-21-5-9-23(10-6-21)29-16-13-25(17-30(29)24-11-7-22(20-34)8-12-24)31(37)36-27-14-15-28(36)19-26(18-27)35-32(38)39-33(2,3)4/h5-13,16-17,26-28H,14-15,18-19H2,1-4H3,(H,35,38)/t26?,27-,28+. The predicted molar refractivity (Wildman–Crippen MR) is 152 cm³/mol. The monoisotopic (exact) mass is 521 g/mol. The van der Waals surface area contributed by atoms with E-state index in [1.807, 2.05) is 68.1 Å². The van der Waals surface area contributed by atoms with Gasteiger partial charge in [-0.2, -0.15) is 5.26 Å². The number of hydrogen-bond donors (Lipinski definition) is 1. The molecule has 2 aliphatic rings. The third kappa shape index (κ3) is 5.83. The Morgan fingerprint density at radius 1 is 0.897 bits per heavy atom. The summed E-state index contributed by atoms with van der Waals surface area (Å²) in [6.45, 7) is 7.63. The normalized spacial score (nSPS) is 20.3. The van der Waals surface area contributed by atoms with Crippen molar-refractivity contribution in [3.05, 3.63) is 83.4 Å². The van der Waals surface area contributed by atoms with E-state index in [4.69, 9.17) is 4.74 Å². The van der Waals surface area contributed by atoms with Gasteiger partial charge in [0.15, 0.2) is 0 Å². The van der Waals surface area contributed by atoms with Crippen LogP contribution in [0.25, 0.3) is 22.3 Å². The number of hydrogen-bond acceptors (Lipinski definition) is 4. The average molecular weight is 522 g/mol. The Morgan fingerprint density at radius 2 is 1.49 bits per heavy atom. The van der Waals surface area contributed by atoms with Crippen LogP contribution in [0.15, 0.2) is 66.7 Å². The van der Waals surface area contributed by atoms with E-state index < -0.39 is 11.7 Å². The molecular formula is C33H35N3O3. The molecule has 6 heteroatoms. The molecule has 2 aliphatic heterocycles. The second-order valence-corrected chi connectivity index (χ2v) is 11.7. The van der Waals surface area contributed by atoms with Gasteiger partial charge in [-0.1, -0.05) is 48.0 Å². The number of nitrogens with zero attached hydrogens (tertiary/aromatic N) is 2. The Bertz CT molecular complexity index is 1400.